The molecule has 0 aromatic rings. The maximum atomic E-state index is 5.97. The fourth-order valence-corrected chi connectivity index (χ4v) is 1.96. The van der Waals surface area contributed by atoms with Gasteiger partial charge in [-0.25, -0.2) is 0 Å². The first-order chi connectivity index (χ1) is 6.01. The van der Waals surface area contributed by atoms with E-state index in [1.165, 1.54) is 25.9 Å². The molecule has 0 aromatic carbocycles. The maximum Gasteiger partial charge on any atom is 0.0226 e. The first-order valence-corrected chi connectivity index (χ1v) is 5.22. The van der Waals surface area contributed by atoms with Crippen molar-refractivity contribution in [1.82, 2.24) is 4.90 Å². The van der Waals surface area contributed by atoms with Gasteiger partial charge in [0.05, 0.1) is 0 Å². The molecule has 13 heavy (non-hydrogen) atoms. The third-order valence-corrected chi connectivity index (χ3v) is 2.67. The zero-order valence-corrected chi connectivity index (χ0v) is 8.92. The molecule has 0 aliphatic carbocycles. The van der Waals surface area contributed by atoms with Crippen LogP contribution in [-0.2, 0) is 0 Å². The molecule has 0 unspecified atom stereocenters. The molecule has 1 rings (SSSR count). The van der Waals surface area contributed by atoms with E-state index in [4.69, 9.17) is 11.5 Å². The van der Waals surface area contributed by atoms with E-state index in [0.717, 1.165) is 19.0 Å². The predicted octanol–water partition coefficient (Wildman–Crippen LogP) is 0.394. The van der Waals surface area contributed by atoms with Gasteiger partial charge in [-0.15, -0.1) is 0 Å². The summed E-state index contributed by atoms with van der Waals surface area (Å²) in [6, 6.07) is 0. The molecule has 1 heterocycles. The van der Waals surface area contributed by atoms with E-state index in [1.807, 2.05) is 0 Å². The lowest BCUT2D eigenvalue weighted by molar-refractivity contribution is 0.160. The van der Waals surface area contributed by atoms with Crippen molar-refractivity contribution in [2.75, 3.05) is 26.2 Å². The Morgan fingerprint density at radius 1 is 1.31 bits per heavy atom. The van der Waals surface area contributed by atoms with Crippen LogP contribution in [-0.4, -0.2) is 36.6 Å². The zero-order chi connectivity index (χ0) is 9.90. The van der Waals surface area contributed by atoms with Crippen molar-refractivity contribution in [2.45, 2.75) is 32.2 Å². The molecule has 1 fully saturated rings. The average Bonchev–Trinajstić information content (AvgIpc) is 2.03. The van der Waals surface area contributed by atoms with Gasteiger partial charge in [-0.05, 0) is 52.2 Å². The van der Waals surface area contributed by atoms with Crippen molar-refractivity contribution in [3.05, 3.63) is 0 Å². The summed E-state index contributed by atoms with van der Waals surface area (Å²) in [5, 5.41) is 0. The second-order valence-electron chi connectivity index (χ2n) is 4.94. The predicted molar refractivity (Wildman–Crippen MR) is 56.5 cm³/mol. The average molecular weight is 185 g/mol. The van der Waals surface area contributed by atoms with Gasteiger partial charge in [0.25, 0.3) is 0 Å². The molecule has 0 bridgehead atoms. The van der Waals surface area contributed by atoms with E-state index in [1.54, 1.807) is 0 Å². The lowest BCUT2D eigenvalue weighted by Crippen LogP contribution is -2.48. The normalized spacial score (nSPS) is 22.2. The van der Waals surface area contributed by atoms with E-state index >= 15 is 0 Å². The molecule has 4 N–H and O–H groups in total. The highest BCUT2D eigenvalue weighted by Crippen LogP contribution is 2.16. The number of hydrogen-bond acceptors (Lipinski definition) is 3. The van der Waals surface area contributed by atoms with Crippen LogP contribution in [0.15, 0.2) is 0 Å². The van der Waals surface area contributed by atoms with E-state index in [0.29, 0.717) is 0 Å². The Balaban J connectivity index is 2.25. The highest BCUT2D eigenvalue weighted by molar-refractivity contribution is 4.80. The quantitative estimate of drug-likeness (QED) is 0.669. The Morgan fingerprint density at radius 2 is 1.85 bits per heavy atom. The highest BCUT2D eigenvalue weighted by Gasteiger charge is 2.22. The summed E-state index contributed by atoms with van der Waals surface area (Å²) in [4.78, 5) is 2.45. The van der Waals surface area contributed by atoms with Crippen molar-refractivity contribution < 1.29 is 0 Å². The van der Waals surface area contributed by atoms with Crippen LogP contribution in [0.2, 0.25) is 0 Å². The minimum Gasteiger partial charge on any atom is -0.330 e. The molecule has 3 heteroatoms. The van der Waals surface area contributed by atoms with Crippen molar-refractivity contribution >= 4 is 0 Å². The second kappa shape index (κ2) is 4.40. The molecular weight excluding hydrogens is 162 g/mol. The molecule has 1 aliphatic heterocycles. The summed E-state index contributed by atoms with van der Waals surface area (Å²) >= 11 is 0. The van der Waals surface area contributed by atoms with Crippen LogP contribution in [0.5, 0.6) is 0 Å². The molecule has 3 nitrogen and oxygen atoms in total. The van der Waals surface area contributed by atoms with Gasteiger partial charge in [0.1, 0.15) is 0 Å². The zero-order valence-electron chi connectivity index (χ0n) is 8.92. The Bertz CT molecular complexity index is 143. The first kappa shape index (κ1) is 11.0. The number of piperidine rings is 1. The SMILES string of the molecule is CC(C)(N)CN1CCC(CN)CC1. The topological polar surface area (TPSA) is 55.3 Å². The number of rotatable bonds is 3. The summed E-state index contributed by atoms with van der Waals surface area (Å²) < 4.78 is 0. The summed E-state index contributed by atoms with van der Waals surface area (Å²) in [6.07, 6.45) is 2.49. The molecule has 0 saturated carbocycles. The number of hydrogen-bond donors (Lipinski definition) is 2. The lowest BCUT2D eigenvalue weighted by atomic mass is 9.95. The van der Waals surface area contributed by atoms with E-state index < -0.39 is 0 Å². The maximum absolute atomic E-state index is 5.97. The smallest absolute Gasteiger partial charge is 0.0226 e. The molecular formula is C10H23N3. The van der Waals surface area contributed by atoms with E-state index in [-0.39, 0.29) is 5.54 Å². The first-order valence-electron chi connectivity index (χ1n) is 5.22. The lowest BCUT2D eigenvalue weighted by Gasteiger charge is -2.35. The molecule has 0 amide bonds. The Labute approximate surface area is 81.5 Å². The van der Waals surface area contributed by atoms with Crippen LogP contribution in [0, 0.1) is 5.92 Å². The van der Waals surface area contributed by atoms with Crippen molar-refractivity contribution in [3.8, 4) is 0 Å². The molecule has 0 atom stereocenters. The van der Waals surface area contributed by atoms with Gasteiger partial charge in [0.15, 0.2) is 0 Å². The van der Waals surface area contributed by atoms with E-state index in [2.05, 4.69) is 18.7 Å². The third kappa shape index (κ3) is 4.07. The van der Waals surface area contributed by atoms with Crippen LogP contribution in [0.25, 0.3) is 0 Å². The van der Waals surface area contributed by atoms with Crippen LogP contribution < -0.4 is 11.5 Å². The number of likely N-dealkylation sites (tertiary alicyclic amines) is 1. The molecule has 0 radical (unpaired) electrons. The largest absolute Gasteiger partial charge is 0.330 e. The molecule has 0 spiro atoms. The van der Waals surface area contributed by atoms with Crippen molar-refractivity contribution in [3.63, 3.8) is 0 Å². The van der Waals surface area contributed by atoms with Gasteiger partial charge in [-0.3, -0.25) is 0 Å². The van der Waals surface area contributed by atoms with Gasteiger partial charge in [0.2, 0.25) is 0 Å². The van der Waals surface area contributed by atoms with Gasteiger partial charge in [-0.2, -0.15) is 0 Å². The van der Waals surface area contributed by atoms with Crippen LogP contribution in [0.1, 0.15) is 26.7 Å². The summed E-state index contributed by atoms with van der Waals surface area (Å²) in [7, 11) is 0. The van der Waals surface area contributed by atoms with Gasteiger partial charge < -0.3 is 16.4 Å². The fraction of sp³-hybridized carbons (Fsp3) is 1.00. The third-order valence-electron chi connectivity index (χ3n) is 2.67. The second-order valence-corrected chi connectivity index (χ2v) is 4.94. The fourth-order valence-electron chi connectivity index (χ4n) is 1.96. The number of nitrogens with zero attached hydrogens (tertiary/aromatic N) is 1. The van der Waals surface area contributed by atoms with Gasteiger partial charge >= 0.3 is 0 Å². The molecule has 0 aromatic heterocycles. The molecule has 1 saturated heterocycles. The van der Waals surface area contributed by atoms with Gasteiger partial charge in [0, 0.05) is 12.1 Å². The van der Waals surface area contributed by atoms with E-state index in [9.17, 15) is 0 Å². The van der Waals surface area contributed by atoms with Crippen LogP contribution in [0.4, 0.5) is 0 Å². The van der Waals surface area contributed by atoms with Crippen molar-refractivity contribution in [2.24, 2.45) is 17.4 Å². The van der Waals surface area contributed by atoms with Crippen LogP contribution in [0.3, 0.4) is 0 Å². The Kier molecular flexibility index (Phi) is 3.71. The molecule has 1 aliphatic rings. The highest BCUT2D eigenvalue weighted by atomic mass is 15.1. The number of nitrogens with two attached hydrogens (primary N) is 2. The summed E-state index contributed by atoms with van der Waals surface area (Å²) in [5.41, 5.74) is 11.5. The monoisotopic (exact) mass is 185 g/mol. The Morgan fingerprint density at radius 3 is 2.23 bits per heavy atom. The van der Waals surface area contributed by atoms with Crippen LogP contribution >= 0.6 is 0 Å². The summed E-state index contributed by atoms with van der Waals surface area (Å²) in [6.45, 7) is 8.36. The minimum absolute atomic E-state index is 0.0600. The van der Waals surface area contributed by atoms with Gasteiger partial charge in [-0.1, -0.05) is 0 Å². The minimum atomic E-state index is -0.0600. The standard InChI is InChI=1S/C10H23N3/c1-10(2,12)8-13-5-3-9(7-11)4-6-13/h9H,3-8,11-12H2,1-2H3. The molecule has 78 valence electrons. The summed E-state index contributed by atoms with van der Waals surface area (Å²) in [5.74, 6) is 0.747. The Hall–Kier alpha value is -0.120. The van der Waals surface area contributed by atoms with Crippen molar-refractivity contribution in [1.29, 1.82) is 0 Å².